The third-order valence-electron chi connectivity index (χ3n) is 6.42. The first-order valence-corrected chi connectivity index (χ1v) is 8.68. The molecule has 1 aromatic rings. The van der Waals surface area contributed by atoms with E-state index < -0.39 is 0 Å². The first-order chi connectivity index (χ1) is 10.2. The second-order valence-electron chi connectivity index (χ2n) is 7.62. The molecule has 0 heterocycles. The van der Waals surface area contributed by atoms with E-state index in [0.29, 0.717) is 6.04 Å². The number of fused-ring (bicyclic) bond motifs is 3. The van der Waals surface area contributed by atoms with Gasteiger partial charge in [0.05, 0.1) is 6.10 Å². The van der Waals surface area contributed by atoms with Crippen molar-refractivity contribution in [3.63, 3.8) is 0 Å². The van der Waals surface area contributed by atoms with Crippen LogP contribution in [0.4, 0.5) is 0 Å². The molecule has 1 N–H and O–H groups in total. The molecule has 2 heteroatoms. The van der Waals surface area contributed by atoms with E-state index in [4.69, 9.17) is 0 Å². The summed E-state index contributed by atoms with van der Waals surface area (Å²) in [6, 6.07) is 8.73. The molecule has 2 bridgehead atoms. The molecule has 0 saturated heterocycles. The van der Waals surface area contributed by atoms with E-state index in [1.165, 1.54) is 37.8 Å². The number of hydrogen-bond donors (Lipinski definition) is 1. The maximum atomic E-state index is 10.8. The zero-order valence-electron chi connectivity index (χ0n) is 13.0. The van der Waals surface area contributed by atoms with Crippen LogP contribution in [0.1, 0.15) is 49.3 Å². The number of aliphatic hydroxyl groups excluding tert-OH is 1. The topological polar surface area (TPSA) is 23.5 Å². The molecule has 114 valence electrons. The van der Waals surface area contributed by atoms with E-state index in [1.54, 1.807) is 0 Å². The van der Waals surface area contributed by atoms with Crippen LogP contribution in [0.3, 0.4) is 0 Å². The predicted molar refractivity (Wildman–Crippen MR) is 85.1 cm³/mol. The van der Waals surface area contributed by atoms with Gasteiger partial charge in [-0.05, 0) is 68.0 Å². The van der Waals surface area contributed by atoms with Crippen LogP contribution in [-0.4, -0.2) is 29.6 Å². The van der Waals surface area contributed by atoms with Gasteiger partial charge in [0.25, 0.3) is 0 Å². The molecule has 0 amide bonds. The van der Waals surface area contributed by atoms with Gasteiger partial charge < -0.3 is 10.0 Å². The van der Waals surface area contributed by atoms with Crippen LogP contribution < -0.4 is 0 Å². The summed E-state index contributed by atoms with van der Waals surface area (Å²) in [5.74, 6) is 2.88. The molecule has 5 atom stereocenters. The molecular formula is C19H27NO. The van der Waals surface area contributed by atoms with E-state index >= 15 is 0 Å². The fourth-order valence-electron chi connectivity index (χ4n) is 5.29. The first kappa shape index (κ1) is 13.8. The summed E-state index contributed by atoms with van der Waals surface area (Å²) >= 11 is 0. The molecular weight excluding hydrogens is 258 g/mol. The Kier molecular flexibility index (Phi) is 3.55. The number of aliphatic hydroxyl groups is 1. The minimum atomic E-state index is -0.307. The Morgan fingerprint density at radius 3 is 2.76 bits per heavy atom. The number of rotatable bonds is 3. The van der Waals surface area contributed by atoms with Crippen molar-refractivity contribution >= 4 is 0 Å². The van der Waals surface area contributed by atoms with Crippen LogP contribution in [0, 0.1) is 17.8 Å². The van der Waals surface area contributed by atoms with Crippen LogP contribution >= 0.6 is 0 Å². The second kappa shape index (κ2) is 5.40. The van der Waals surface area contributed by atoms with Gasteiger partial charge >= 0.3 is 0 Å². The number of aryl methyl sites for hydroxylation is 1. The highest BCUT2D eigenvalue weighted by Gasteiger charge is 2.41. The minimum absolute atomic E-state index is 0.305. The van der Waals surface area contributed by atoms with Crippen molar-refractivity contribution in [1.82, 2.24) is 4.90 Å². The van der Waals surface area contributed by atoms with Gasteiger partial charge in [-0.1, -0.05) is 30.7 Å². The summed E-state index contributed by atoms with van der Waals surface area (Å²) in [5, 5.41) is 10.8. The SMILES string of the molecule is CN(CC1CC2CCC1C2)C1CCc2ccccc2C1O. The third kappa shape index (κ3) is 2.43. The molecule has 3 aliphatic rings. The molecule has 2 nitrogen and oxygen atoms in total. The number of benzene rings is 1. The normalized spacial score (nSPS) is 38.0. The fourth-order valence-corrected chi connectivity index (χ4v) is 5.29. The molecule has 3 aliphatic carbocycles. The van der Waals surface area contributed by atoms with E-state index in [1.807, 2.05) is 0 Å². The highest BCUT2D eigenvalue weighted by atomic mass is 16.3. The minimum Gasteiger partial charge on any atom is -0.387 e. The van der Waals surface area contributed by atoms with Gasteiger partial charge in [0.15, 0.2) is 0 Å². The lowest BCUT2D eigenvalue weighted by Gasteiger charge is -2.38. The largest absolute Gasteiger partial charge is 0.387 e. The third-order valence-corrected chi connectivity index (χ3v) is 6.42. The van der Waals surface area contributed by atoms with E-state index in [2.05, 4.69) is 36.2 Å². The Morgan fingerprint density at radius 1 is 1.14 bits per heavy atom. The van der Waals surface area contributed by atoms with Crippen LogP contribution in [0.5, 0.6) is 0 Å². The van der Waals surface area contributed by atoms with Crippen molar-refractivity contribution in [1.29, 1.82) is 0 Å². The van der Waals surface area contributed by atoms with Gasteiger partial charge in [0.2, 0.25) is 0 Å². The Bertz CT molecular complexity index is 514. The average molecular weight is 285 g/mol. The van der Waals surface area contributed by atoms with Gasteiger partial charge in [-0.15, -0.1) is 0 Å². The van der Waals surface area contributed by atoms with Crippen LogP contribution in [-0.2, 0) is 6.42 Å². The van der Waals surface area contributed by atoms with Gasteiger partial charge in [-0.2, -0.15) is 0 Å². The predicted octanol–water partition coefficient (Wildman–Crippen LogP) is 3.40. The van der Waals surface area contributed by atoms with Gasteiger partial charge in [0.1, 0.15) is 0 Å². The van der Waals surface area contributed by atoms with Crippen molar-refractivity contribution < 1.29 is 5.11 Å². The van der Waals surface area contributed by atoms with Gasteiger partial charge in [-0.25, -0.2) is 0 Å². The zero-order valence-corrected chi connectivity index (χ0v) is 13.0. The summed E-state index contributed by atoms with van der Waals surface area (Å²) in [6.07, 6.45) is 7.75. The summed E-state index contributed by atoms with van der Waals surface area (Å²) in [5.41, 5.74) is 2.50. The van der Waals surface area contributed by atoms with E-state index in [-0.39, 0.29) is 6.10 Å². The summed E-state index contributed by atoms with van der Waals surface area (Å²) in [4.78, 5) is 2.46. The summed E-state index contributed by atoms with van der Waals surface area (Å²) < 4.78 is 0. The summed E-state index contributed by atoms with van der Waals surface area (Å²) in [7, 11) is 2.23. The lowest BCUT2D eigenvalue weighted by Crippen LogP contribution is -2.42. The maximum Gasteiger partial charge on any atom is 0.0947 e. The Morgan fingerprint density at radius 2 is 2.00 bits per heavy atom. The first-order valence-electron chi connectivity index (χ1n) is 8.68. The lowest BCUT2D eigenvalue weighted by molar-refractivity contribution is 0.0373. The molecule has 1 aromatic carbocycles. The molecule has 0 radical (unpaired) electrons. The van der Waals surface area contributed by atoms with Gasteiger partial charge in [-0.3, -0.25) is 0 Å². The number of likely N-dealkylation sites (N-methyl/N-ethyl adjacent to an activating group) is 1. The molecule has 5 unspecified atom stereocenters. The van der Waals surface area contributed by atoms with E-state index in [0.717, 1.165) is 36.2 Å². The zero-order chi connectivity index (χ0) is 14.4. The van der Waals surface area contributed by atoms with Crippen LogP contribution in [0.15, 0.2) is 24.3 Å². The molecule has 0 aromatic heterocycles. The van der Waals surface area contributed by atoms with Gasteiger partial charge in [0, 0.05) is 12.6 Å². The molecule has 0 spiro atoms. The van der Waals surface area contributed by atoms with E-state index in [9.17, 15) is 5.11 Å². The molecule has 2 saturated carbocycles. The monoisotopic (exact) mass is 285 g/mol. The Labute approximate surface area is 128 Å². The van der Waals surface area contributed by atoms with Crippen molar-refractivity contribution in [2.24, 2.45) is 17.8 Å². The second-order valence-corrected chi connectivity index (χ2v) is 7.62. The summed E-state index contributed by atoms with van der Waals surface area (Å²) in [6.45, 7) is 1.19. The van der Waals surface area contributed by atoms with Crippen molar-refractivity contribution in [2.75, 3.05) is 13.6 Å². The van der Waals surface area contributed by atoms with Crippen LogP contribution in [0.25, 0.3) is 0 Å². The molecule has 0 aliphatic heterocycles. The van der Waals surface area contributed by atoms with Crippen molar-refractivity contribution in [2.45, 2.75) is 50.7 Å². The standard InChI is InChI=1S/C19H27NO/c1-20(12-16-11-13-6-7-15(16)10-13)18-9-8-14-4-2-3-5-17(14)19(18)21/h2-5,13,15-16,18-19,21H,6-12H2,1H3. The van der Waals surface area contributed by atoms with Crippen LogP contribution in [0.2, 0.25) is 0 Å². The molecule has 21 heavy (non-hydrogen) atoms. The van der Waals surface area contributed by atoms with Crippen molar-refractivity contribution in [3.05, 3.63) is 35.4 Å². The fraction of sp³-hybridized carbons (Fsp3) is 0.684. The smallest absolute Gasteiger partial charge is 0.0947 e. The number of hydrogen-bond acceptors (Lipinski definition) is 2. The Balaban J connectivity index is 1.44. The lowest BCUT2D eigenvalue weighted by atomic mass is 9.83. The molecule has 4 rings (SSSR count). The quantitative estimate of drug-likeness (QED) is 0.920. The highest BCUT2D eigenvalue weighted by molar-refractivity contribution is 5.32. The Hall–Kier alpha value is -0.860. The number of nitrogens with zero attached hydrogens (tertiary/aromatic N) is 1. The average Bonchev–Trinajstić information content (AvgIpc) is 3.10. The van der Waals surface area contributed by atoms with Crippen molar-refractivity contribution in [3.8, 4) is 0 Å². The molecule has 2 fully saturated rings. The highest BCUT2D eigenvalue weighted by Crippen LogP contribution is 2.48. The maximum absolute atomic E-state index is 10.8.